The van der Waals surface area contributed by atoms with Crippen LogP contribution in [0.15, 0.2) is 41.3 Å². The van der Waals surface area contributed by atoms with Crippen LogP contribution in [0.1, 0.15) is 27.2 Å². The second kappa shape index (κ2) is 7.86. The standard InChI is InChI=1S/C19H20ClFO5S/c1-4-9-27(24,25)13-6-7-16(21)14(11-13)15-10-12(20)5-8-17(15)26-19(2,3)18(22)23/h5-8,10-11H,4,9H2,1-3H3,(H,22,23). The van der Waals surface area contributed by atoms with Crippen molar-refractivity contribution in [3.63, 3.8) is 0 Å². The van der Waals surface area contributed by atoms with Crippen LogP contribution in [0.3, 0.4) is 0 Å². The Balaban J connectivity index is 2.64. The summed E-state index contributed by atoms with van der Waals surface area (Å²) in [7, 11) is -3.56. The number of halogens is 2. The molecule has 0 aliphatic heterocycles. The summed E-state index contributed by atoms with van der Waals surface area (Å²) in [4.78, 5) is 11.3. The zero-order valence-electron chi connectivity index (χ0n) is 15.1. The van der Waals surface area contributed by atoms with Crippen LogP contribution in [0.4, 0.5) is 4.39 Å². The summed E-state index contributed by atoms with van der Waals surface area (Å²) in [5, 5.41) is 9.55. The number of carbonyl (C=O) groups is 1. The Kier molecular flexibility index (Phi) is 6.17. The number of hydrogen-bond donors (Lipinski definition) is 1. The number of rotatable bonds is 7. The number of hydrogen-bond acceptors (Lipinski definition) is 4. The van der Waals surface area contributed by atoms with Crippen LogP contribution < -0.4 is 4.74 Å². The largest absolute Gasteiger partial charge is 0.478 e. The predicted molar refractivity (Wildman–Crippen MR) is 102 cm³/mol. The van der Waals surface area contributed by atoms with Gasteiger partial charge in [-0.2, -0.15) is 0 Å². The Hall–Kier alpha value is -2.12. The van der Waals surface area contributed by atoms with Crippen LogP contribution in [-0.2, 0) is 14.6 Å². The average molecular weight is 415 g/mol. The molecule has 5 nitrogen and oxygen atoms in total. The maximum atomic E-state index is 14.5. The molecule has 0 amide bonds. The molecule has 0 aliphatic carbocycles. The number of sulfone groups is 1. The second-order valence-electron chi connectivity index (χ2n) is 6.52. The Bertz CT molecular complexity index is 970. The molecule has 0 atom stereocenters. The maximum absolute atomic E-state index is 14.5. The first-order chi connectivity index (χ1) is 12.5. The molecule has 0 bridgehead atoms. The van der Waals surface area contributed by atoms with Gasteiger partial charge >= 0.3 is 5.97 Å². The lowest BCUT2D eigenvalue weighted by Gasteiger charge is -2.23. The highest BCUT2D eigenvalue weighted by molar-refractivity contribution is 7.91. The van der Waals surface area contributed by atoms with E-state index in [-0.39, 0.29) is 32.5 Å². The van der Waals surface area contributed by atoms with E-state index in [1.54, 1.807) is 6.92 Å². The minimum absolute atomic E-state index is 0.0239. The van der Waals surface area contributed by atoms with Gasteiger partial charge in [-0.25, -0.2) is 17.6 Å². The lowest BCUT2D eigenvalue weighted by Crippen LogP contribution is -2.38. The molecular formula is C19H20ClFO5S. The quantitative estimate of drug-likeness (QED) is 0.671. The van der Waals surface area contributed by atoms with Crippen LogP contribution in [0.5, 0.6) is 5.75 Å². The van der Waals surface area contributed by atoms with E-state index in [0.717, 1.165) is 6.07 Å². The highest BCUT2D eigenvalue weighted by atomic mass is 35.5. The fraction of sp³-hybridized carbons (Fsp3) is 0.316. The summed E-state index contributed by atoms with van der Waals surface area (Å²) in [6, 6.07) is 7.79. The van der Waals surface area contributed by atoms with Crippen molar-refractivity contribution in [3.8, 4) is 16.9 Å². The van der Waals surface area contributed by atoms with E-state index >= 15 is 0 Å². The fourth-order valence-electron chi connectivity index (χ4n) is 2.41. The van der Waals surface area contributed by atoms with Gasteiger partial charge in [-0.15, -0.1) is 0 Å². The Labute approximate surface area is 162 Å². The smallest absolute Gasteiger partial charge is 0.347 e. The van der Waals surface area contributed by atoms with E-state index in [1.165, 1.54) is 44.2 Å². The zero-order valence-corrected chi connectivity index (χ0v) is 16.7. The highest BCUT2D eigenvalue weighted by Gasteiger charge is 2.31. The van der Waals surface area contributed by atoms with Crippen LogP contribution in [0.25, 0.3) is 11.1 Å². The van der Waals surface area contributed by atoms with E-state index in [1.807, 2.05) is 0 Å². The van der Waals surface area contributed by atoms with Gasteiger partial charge in [0.05, 0.1) is 10.6 Å². The van der Waals surface area contributed by atoms with Crippen molar-refractivity contribution in [3.05, 3.63) is 47.2 Å². The van der Waals surface area contributed by atoms with E-state index in [4.69, 9.17) is 16.3 Å². The van der Waals surface area contributed by atoms with Crippen molar-refractivity contribution in [1.82, 2.24) is 0 Å². The maximum Gasteiger partial charge on any atom is 0.347 e. The highest BCUT2D eigenvalue weighted by Crippen LogP contribution is 2.37. The van der Waals surface area contributed by atoms with Crippen molar-refractivity contribution in [1.29, 1.82) is 0 Å². The molecule has 0 saturated carbocycles. The number of ether oxygens (including phenoxy) is 1. The van der Waals surface area contributed by atoms with Gasteiger partial charge in [-0.1, -0.05) is 18.5 Å². The second-order valence-corrected chi connectivity index (χ2v) is 9.06. The van der Waals surface area contributed by atoms with E-state index in [9.17, 15) is 22.7 Å². The summed E-state index contributed by atoms with van der Waals surface area (Å²) < 4.78 is 44.8. The molecule has 27 heavy (non-hydrogen) atoms. The number of carboxylic acid groups (broad SMARTS) is 1. The third kappa shape index (κ3) is 4.78. The van der Waals surface area contributed by atoms with Gasteiger partial charge in [0, 0.05) is 16.1 Å². The number of carboxylic acids is 1. The minimum atomic E-state index is -3.56. The summed E-state index contributed by atoms with van der Waals surface area (Å²) >= 11 is 6.02. The molecule has 146 valence electrons. The molecule has 0 saturated heterocycles. The molecule has 0 fully saturated rings. The number of aliphatic carboxylic acids is 1. The van der Waals surface area contributed by atoms with Crippen molar-refractivity contribution in [2.75, 3.05) is 5.75 Å². The van der Waals surface area contributed by atoms with Gasteiger partial charge in [0.2, 0.25) is 0 Å². The molecule has 0 spiro atoms. The van der Waals surface area contributed by atoms with Crippen LogP contribution in [0, 0.1) is 5.82 Å². The molecule has 2 rings (SSSR count). The first kappa shape index (κ1) is 21.2. The molecule has 2 aromatic carbocycles. The van der Waals surface area contributed by atoms with E-state index in [0.29, 0.717) is 6.42 Å². The molecule has 0 aromatic heterocycles. The molecule has 0 radical (unpaired) electrons. The van der Waals surface area contributed by atoms with Crippen LogP contribution in [-0.4, -0.2) is 30.8 Å². The minimum Gasteiger partial charge on any atom is -0.478 e. The summed E-state index contributed by atoms with van der Waals surface area (Å²) in [5.74, 6) is -1.87. The molecule has 0 heterocycles. The zero-order chi connectivity index (χ0) is 20.4. The number of benzene rings is 2. The third-order valence-corrected chi connectivity index (χ3v) is 6.03. The average Bonchev–Trinajstić information content (AvgIpc) is 2.56. The van der Waals surface area contributed by atoms with E-state index < -0.39 is 27.2 Å². The molecule has 0 unspecified atom stereocenters. The van der Waals surface area contributed by atoms with Gasteiger partial charge in [-0.05, 0) is 56.7 Å². The predicted octanol–water partition coefficient (Wildman–Crippen LogP) is 4.57. The Morgan fingerprint density at radius 1 is 1.19 bits per heavy atom. The Morgan fingerprint density at radius 2 is 1.85 bits per heavy atom. The lowest BCUT2D eigenvalue weighted by molar-refractivity contribution is -0.152. The van der Waals surface area contributed by atoms with Crippen LogP contribution in [0.2, 0.25) is 5.02 Å². The molecule has 1 N–H and O–H groups in total. The third-order valence-electron chi connectivity index (χ3n) is 3.88. The summed E-state index contributed by atoms with van der Waals surface area (Å²) in [6.45, 7) is 4.44. The Morgan fingerprint density at radius 3 is 2.44 bits per heavy atom. The lowest BCUT2D eigenvalue weighted by atomic mass is 10.0. The van der Waals surface area contributed by atoms with Crippen molar-refractivity contribution < 1.29 is 27.4 Å². The molecular weight excluding hydrogens is 395 g/mol. The normalized spacial score (nSPS) is 12.0. The van der Waals surface area contributed by atoms with Gasteiger partial charge < -0.3 is 9.84 Å². The summed E-state index contributed by atoms with van der Waals surface area (Å²) in [5.41, 5.74) is -1.45. The van der Waals surface area contributed by atoms with Crippen molar-refractivity contribution >= 4 is 27.4 Å². The van der Waals surface area contributed by atoms with Crippen molar-refractivity contribution in [2.45, 2.75) is 37.7 Å². The monoisotopic (exact) mass is 414 g/mol. The first-order valence-corrected chi connectivity index (χ1v) is 10.3. The SMILES string of the molecule is CCCS(=O)(=O)c1ccc(F)c(-c2cc(Cl)ccc2OC(C)(C)C(=O)O)c1. The topological polar surface area (TPSA) is 80.7 Å². The van der Waals surface area contributed by atoms with Gasteiger partial charge in [0.25, 0.3) is 0 Å². The molecule has 8 heteroatoms. The molecule has 2 aromatic rings. The van der Waals surface area contributed by atoms with E-state index in [2.05, 4.69) is 0 Å². The van der Waals surface area contributed by atoms with Crippen molar-refractivity contribution in [2.24, 2.45) is 0 Å². The fourth-order valence-corrected chi connectivity index (χ4v) is 3.93. The summed E-state index contributed by atoms with van der Waals surface area (Å²) in [6.07, 6.45) is 0.424. The van der Waals surface area contributed by atoms with Crippen LogP contribution >= 0.6 is 11.6 Å². The van der Waals surface area contributed by atoms with Gasteiger partial charge in [0.15, 0.2) is 15.4 Å². The van der Waals surface area contributed by atoms with Gasteiger partial charge in [-0.3, -0.25) is 0 Å². The first-order valence-electron chi connectivity index (χ1n) is 8.22. The molecule has 0 aliphatic rings. The van der Waals surface area contributed by atoms with Gasteiger partial charge in [0.1, 0.15) is 11.6 Å².